The van der Waals surface area contributed by atoms with E-state index in [1.165, 1.54) is 24.3 Å². The number of nitro groups is 1. The Morgan fingerprint density at radius 3 is 2.76 bits per heavy atom. The molecule has 3 aromatic rings. The summed E-state index contributed by atoms with van der Waals surface area (Å²) in [5.74, 6) is 0.871. The summed E-state index contributed by atoms with van der Waals surface area (Å²) in [6.45, 7) is 0. The van der Waals surface area contributed by atoms with Crippen LogP contribution in [0.5, 0.6) is 5.75 Å². The van der Waals surface area contributed by atoms with E-state index >= 15 is 0 Å². The highest BCUT2D eigenvalue weighted by Gasteiger charge is 2.29. The number of carbonyl (C=O) groups excluding carboxylic acids is 1. The minimum Gasteiger partial charge on any atom is -0.423 e. The number of esters is 1. The van der Waals surface area contributed by atoms with Crippen molar-refractivity contribution in [1.29, 1.82) is 0 Å². The standard InChI is InChI=1S/C19H15N5O4S/c25-18(14-2-1-3-15(10-14)24(26)27)28-16-8-4-12(5-9-16)11-20-23-17(13-6-7-13)21-22-19(23)29/h1-5,8-11,13H,6-7H2,(H,22,29)/b20-11-. The molecule has 0 atom stereocenters. The highest BCUT2D eigenvalue weighted by Crippen LogP contribution is 2.38. The molecule has 1 saturated carbocycles. The molecular weight excluding hydrogens is 394 g/mol. The van der Waals surface area contributed by atoms with E-state index in [1.54, 1.807) is 35.2 Å². The zero-order valence-electron chi connectivity index (χ0n) is 15.0. The van der Waals surface area contributed by atoms with E-state index in [0.717, 1.165) is 24.2 Å². The van der Waals surface area contributed by atoms with Crippen LogP contribution in [0.4, 0.5) is 5.69 Å². The van der Waals surface area contributed by atoms with Gasteiger partial charge in [-0.2, -0.15) is 14.9 Å². The topological polar surface area (TPSA) is 115 Å². The molecule has 0 radical (unpaired) electrons. The average molecular weight is 409 g/mol. The second-order valence-corrected chi connectivity index (χ2v) is 6.87. The lowest BCUT2D eigenvalue weighted by Gasteiger charge is -2.04. The number of nitrogens with one attached hydrogen (secondary N) is 1. The van der Waals surface area contributed by atoms with Gasteiger partial charge in [0, 0.05) is 18.1 Å². The number of aromatic nitrogens is 3. The molecule has 0 amide bonds. The van der Waals surface area contributed by atoms with Gasteiger partial charge in [0.25, 0.3) is 5.69 Å². The second-order valence-electron chi connectivity index (χ2n) is 6.48. The number of ether oxygens (including phenoxy) is 1. The number of rotatable bonds is 6. The summed E-state index contributed by atoms with van der Waals surface area (Å²) in [6.07, 6.45) is 3.81. The minimum atomic E-state index is -0.672. The zero-order valence-corrected chi connectivity index (χ0v) is 15.8. The van der Waals surface area contributed by atoms with Gasteiger partial charge in [-0.1, -0.05) is 6.07 Å². The van der Waals surface area contributed by atoms with E-state index < -0.39 is 10.9 Å². The number of hydrogen-bond donors (Lipinski definition) is 1. The number of carbonyl (C=O) groups is 1. The van der Waals surface area contributed by atoms with Crippen LogP contribution in [-0.4, -0.2) is 32.0 Å². The Hall–Kier alpha value is -3.66. The van der Waals surface area contributed by atoms with Crippen molar-refractivity contribution in [2.45, 2.75) is 18.8 Å². The van der Waals surface area contributed by atoms with Gasteiger partial charge in [-0.15, -0.1) is 0 Å². The van der Waals surface area contributed by atoms with Gasteiger partial charge in [-0.25, -0.2) is 4.79 Å². The van der Waals surface area contributed by atoms with Gasteiger partial charge in [0.1, 0.15) is 5.75 Å². The maximum Gasteiger partial charge on any atom is 0.343 e. The van der Waals surface area contributed by atoms with Gasteiger partial charge in [0.2, 0.25) is 4.77 Å². The summed E-state index contributed by atoms with van der Waals surface area (Å²) in [5, 5.41) is 22.2. The molecule has 9 nitrogen and oxygen atoms in total. The molecule has 1 N–H and O–H groups in total. The van der Waals surface area contributed by atoms with Crippen molar-refractivity contribution in [1.82, 2.24) is 14.9 Å². The average Bonchev–Trinajstić information content (AvgIpc) is 3.50. The maximum absolute atomic E-state index is 12.2. The lowest BCUT2D eigenvalue weighted by Crippen LogP contribution is -2.08. The van der Waals surface area contributed by atoms with E-state index in [4.69, 9.17) is 17.0 Å². The van der Waals surface area contributed by atoms with E-state index in [-0.39, 0.29) is 11.3 Å². The first-order valence-electron chi connectivity index (χ1n) is 8.79. The molecule has 1 aliphatic carbocycles. The van der Waals surface area contributed by atoms with Gasteiger partial charge in [-0.05, 0) is 61.0 Å². The Labute approximate surface area is 169 Å². The predicted molar refractivity (Wildman–Crippen MR) is 107 cm³/mol. The van der Waals surface area contributed by atoms with E-state index in [1.807, 2.05) is 0 Å². The number of nitro benzene ring substituents is 1. The molecule has 0 spiro atoms. The zero-order chi connectivity index (χ0) is 20.4. The first-order chi connectivity index (χ1) is 14.0. The summed E-state index contributed by atoms with van der Waals surface area (Å²) in [6, 6.07) is 12.1. The first kappa shape index (κ1) is 18.7. The van der Waals surface area contributed by atoms with Gasteiger partial charge < -0.3 is 4.74 Å². The van der Waals surface area contributed by atoms with Gasteiger partial charge >= 0.3 is 5.97 Å². The molecular formula is C19H15N5O4S. The second kappa shape index (κ2) is 7.76. The molecule has 1 aromatic heterocycles. The quantitative estimate of drug-likeness (QED) is 0.165. The fraction of sp³-hybridized carbons (Fsp3) is 0.158. The Morgan fingerprint density at radius 2 is 2.07 bits per heavy atom. The lowest BCUT2D eigenvalue weighted by atomic mass is 10.2. The van der Waals surface area contributed by atoms with Crippen LogP contribution >= 0.6 is 12.2 Å². The van der Waals surface area contributed by atoms with Crippen molar-refractivity contribution in [3.05, 3.63) is 80.4 Å². The largest absolute Gasteiger partial charge is 0.423 e. The van der Waals surface area contributed by atoms with Crippen LogP contribution in [0.3, 0.4) is 0 Å². The first-order valence-corrected chi connectivity index (χ1v) is 9.20. The Morgan fingerprint density at radius 1 is 1.31 bits per heavy atom. The minimum absolute atomic E-state index is 0.103. The summed E-state index contributed by atoms with van der Waals surface area (Å²) >= 11 is 5.21. The molecule has 1 heterocycles. The SMILES string of the molecule is O=C(Oc1ccc(/C=N\n2c(C3CC3)n[nH]c2=S)cc1)c1cccc([N+](=O)[O-])c1. The molecule has 29 heavy (non-hydrogen) atoms. The van der Waals surface area contributed by atoms with Crippen LogP contribution < -0.4 is 4.74 Å². The summed E-state index contributed by atoms with van der Waals surface area (Å²) in [5.41, 5.74) is 0.714. The number of H-pyrrole nitrogens is 1. The van der Waals surface area contributed by atoms with Crippen LogP contribution in [-0.2, 0) is 0 Å². The van der Waals surface area contributed by atoms with Crippen molar-refractivity contribution < 1.29 is 14.5 Å². The molecule has 2 aromatic carbocycles. The fourth-order valence-electron chi connectivity index (χ4n) is 2.68. The normalized spacial score (nSPS) is 13.5. The fourth-order valence-corrected chi connectivity index (χ4v) is 2.87. The van der Waals surface area contributed by atoms with E-state index in [2.05, 4.69) is 15.3 Å². The Bertz CT molecular complexity index is 1160. The molecule has 0 aliphatic heterocycles. The Balaban J connectivity index is 1.45. The van der Waals surface area contributed by atoms with Crippen LogP contribution in [0.15, 0.2) is 53.6 Å². The molecule has 0 saturated heterocycles. The van der Waals surface area contributed by atoms with Gasteiger partial charge in [0.15, 0.2) is 5.82 Å². The molecule has 4 rings (SSSR count). The van der Waals surface area contributed by atoms with Crippen LogP contribution in [0, 0.1) is 14.9 Å². The third-order valence-corrected chi connectivity index (χ3v) is 4.59. The lowest BCUT2D eigenvalue weighted by molar-refractivity contribution is -0.384. The van der Waals surface area contributed by atoms with Gasteiger partial charge in [0.05, 0.1) is 16.7 Å². The molecule has 10 heteroatoms. The third-order valence-electron chi connectivity index (χ3n) is 4.32. The van der Waals surface area contributed by atoms with E-state index in [0.29, 0.717) is 16.4 Å². The number of non-ortho nitro benzene ring substituents is 1. The number of aromatic amines is 1. The monoisotopic (exact) mass is 409 g/mol. The number of benzene rings is 2. The molecule has 1 fully saturated rings. The van der Waals surface area contributed by atoms with Crippen molar-refractivity contribution in [2.75, 3.05) is 0 Å². The Kier molecular flexibility index (Phi) is 5.00. The summed E-state index contributed by atoms with van der Waals surface area (Å²) < 4.78 is 7.33. The van der Waals surface area contributed by atoms with Crippen molar-refractivity contribution in [2.24, 2.45) is 5.10 Å². The third kappa shape index (κ3) is 4.27. The molecule has 146 valence electrons. The highest BCUT2D eigenvalue weighted by molar-refractivity contribution is 7.71. The van der Waals surface area contributed by atoms with Crippen LogP contribution in [0.2, 0.25) is 0 Å². The highest BCUT2D eigenvalue weighted by atomic mass is 32.1. The summed E-state index contributed by atoms with van der Waals surface area (Å²) in [4.78, 5) is 22.5. The van der Waals surface area contributed by atoms with Gasteiger partial charge in [-0.3, -0.25) is 15.2 Å². The van der Waals surface area contributed by atoms with Crippen molar-refractivity contribution >= 4 is 30.1 Å². The van der Waals surface area contributed by atoms with Crippen molar-refractivity contribution in [3.63, 3.8) is 0 Å². The van der Waals surface area contributed by atoms with Crippen LogP contribution in [0.1, 0.15) is 40.5 Å². The number of nitrogens with zero attached hydrogens (tertiary/aromatic N) is 4. The van der Waals surface area contributed by atoms with Crippen molar-refractivity contribution in [3.8, 4) is 5.75 Å². The predicted octanol–water partition coefficient (Wildman–Crippen LogP) is 3.83. The summed E-state index contributed by atoms with van der Waals surface area (Å²) in [7, 11) is 0. The maximum atomic E-state index is 12.2. The van der Waals surface area contributed by atoms with E-state index in [9.17, 15) is 14.9 Å². The molecule has 0 unspecified atom stereocenters. The molecule has 1 aliphatic rings. The number of hydrogen-bond acceptors (Lipinski definition) is 7. The smallest absolute Gasteiger partial charge is 0.343 e. The van der Waals surface area contributed by atoms with Crippen LogP contribution in [0.25, 0.3) is 0 Å². The molecule has 0 bridgehead atoms.